The minimum absolute atomic E-state index is 0.0879. The average Bonchev–Trinajstić information content (AvgIpc) is 2.89. The fourth-order valence-electron chi connectivity index (χ4n) is 3.62. The van der Waals surface area contributed by atoms with Gasteiger partial charge in [0, 0.05) is 17.9 Å². The Morgan fingerprint density at radius 2 is 2.04 bits per heavy atom. The number of nitriles is 1. The van der Waals surface area contributed by atoms with Crippen LogP contribution >= 0.6 is 0 Å². The summed E-state index contributed by atoms with van der Waals surface area (Å²) >= 11 is 0. The first-order chi connectivity index (χ1) is 12.4. The molecule has 0 saturated heterocycles. The summed E-state index contributed by atoms with van der Waals surface area (Å²) in [6.45, 7) is 9.93. The lowest BCUT2D eigenvalue weighted by Gasteiger charge is -2.20. The highest BCUT2D eigenvalue weighted by Gasteiger charge is 2.18. The maximum atomic E-state index is 12.3. The Kier molecular flexibility index (Phi) is 7.50. The molecule has 1 heterocycles. The molecule has 1 aliphatic rings. The van der Waals surface area contributed by atoms with Gasteiger partial charge in [-0.25, -0.2) is 4.79 Å². The Morgan fingerprint density at radius 1 is 1.35 bits per heavy atom. The zero-order valence-electron chi connectivity index (χ0n) is 16.7. The molecule has 0 spiro atoms. The third-order valence-electron chi connectivity index (χ3n) is 5.36. The van der Waals surface area contributed by atoms with E-state index in [-0.39, 0.29) is 5.57 Å². The number of hydrogen-bond donors (Lipinski definition) is 0. The van der Waals surface area contributed by atoms with E-state index >= 15 is 0 Å². The molecular formula is C22H32N2O2. The third-order valence-corrected chi connectivity index (χ3v) is 5.36. The molecule has 26 heavy (non-hydrogen) atoms. The normalized spacial score (nSPS) is 15.9. The van der Waals surface area contributed by atoms with Gasteiger partial charge < -0.3 is 9.30 Å². The van der Waals surface area contributed by atoms with Crippen molar-refractivity contribution < 1.29 is 9.53 Å². The molecule has 0 amide bonds. The van der Waals surface area contributed by atoms with Gasteiger partial charge in [0.15, 0.2) is 0 Å². The third kappa shape index (κ3) is 5.49. The van der Waals surface area contributed by atoms with Gasteiger partial charge in [-0.15, -0.1) is 0 Å². The lowest BCUT2D eigenvalue weighted by molar-refractivity contribution is -0.140. The van der Waals surface area contributed by atoms with Crippen LogP contribution in [0.1, 0.15) is 69.3 Å². The molecule has 0 bridgehead atoms. The summed E-state index contributed by atoms with van der Waals surface area (Å²) in [5, 5.41) is 9.41. The van der Waals surface area contributed by atoms with Crippen molar-refractivity contribution >= 4 is 12.0 Å². The largest absolute Gasteiger partial charge is 0.461 e. The number of rotatable bonds is 7. The van der Waals surface area contributed by atoms with Gasteiger partial charge in [0.1, 0.15) is 11.6 Å². The fourth-order valence-corrected chi connectivity index (χ4v) is 3.62. The van der Waals surface area contributed by atoms with E-state index in [4.69, 9.17) is 4.74 Å². The van der Waals surface area contributed by atoms with Crippen molar-refractivity contribution in [3.63, 3.8) is 0 Å². The highest BCUT2D eigenvalue weighted by atomic mass is 16.5. The van der Waals surface area contributed by atoms with Crippen LogP contribution in [0.15, 0.2) is 11.6 Å². The summed E-state index contributed by atoms with van der Waals surface area (Å²) in [6, 6.07) is 4.06. The summed E-state index contributed by atoms with van der Waals surface area (Å²) in [4.78, 5) is 12.3. The minimum atomic E-state index is -0.495. The number of esters is 1. The van der Waals surface area contributed by atoms with Gasteiger partial charge in [0.05, 0.1) is 6.61 Å². The molecule has 0 aliphatic heterocycles. The quantitative estimate of drug-likeness (QED) is 0.384. The van der Waals surface area contributed by atoms with Crippen molar-refractivity contribution in [3.8, 4) is 6.07 Å². The Hall–Kier alpha value is -2.02. The topological polar surface area (TPSA) is 55.0 Å². The summed E-state index contributed by atoms with van der Waals surface area (Å²) in [5.74, 6) is 0.596. The van der Waals surface area contributed by atoms with Gasteiger partial charge in [-0.3, -0.25) is 0 Å². The molecule has 2 rings (SSSR count). The van der Waals surface area contributed by atoms with Gasteiger partial charge in [0.2, 0.25) is 0 Å². The maximum Gasteiger partial charge on any atom is 0.348 e. The van der Waals surface area contributed by atoms with E-state index in [2.05, 4.69) is 25.3 Å². The zero-order chi connectivity index (χ0) is 19.1. The second-order valence-corrected chi connectivity index (χ2v) is 7.93. The molecule has 1 aliphatic carbocycles. The lowest BCUT2D eigenvalue weighted by atomic mass is 9.90. The molecule has 0 radical (unpaired) electrons. The maximum absolute atomic E-state index is 12.3. The minimum Gasteiger partial charge on any atom is -0.461 e. The molecule has 1 saturated carbocycles. The highest BCUT2D eigenvalue weighted by Crippen LogP contribution is 2.24. The van der Waals surface area contributed by atoms with E-state index in [1.54, 1.807) is 6.08 Å². The van der Waals surface area contributed by atoms with Crippen molar-refractivity contribution in [1.29, 1.82) is 5.26 Å². The molecule has 0 N–H and O–H groups in total. The average molecular weight is 357 g/mol. The summed E-state index contributed by atoms with van der Waals surface area (Å²) < 4.78 is 7.68. The molecule has 1 fully saturated rings. The second-order valence-electron chi connectivity index (χ2n) is 7.93. The molecule has 1 aromatic rings. The Bertz CT molecular complexity index is 686. The van der Waals surface area contributed by atoms with E-state index in [1.807, 2.05) is 19.1 Å². The van der Waals surface area contributed by atoms with Crippen LogP contribution in [0, 0.1) is 37.0 Å². The van der Waals surface area contributed by atoms with Crippen LogP contribution in [0.2, 0.25) is 0 Å². The molecule has 0 atom stereocenters. The van der Waals surface area contributed by atoms with Gasteiger partial charge in [0.25, 0.3) is 0 Å². The highest BCUT2D eigenvalue weighted by molar-refractivity contribution is 5.98. The predicted octanol–water partition coefficient (Wildman–Crippen LogP) is 5.18. The van der Waals surface area contributed by atoms with Crippen LogP contribution in [-0.2, 0) is 16.1 Å². The van der Waals surface area contributed by atoms with E-state index in [0.29, 0.717) is 18.4 Å². The molecular weight excluding hydrogens is 324 g/mol. The van der Waals surface area contributed by atoms with Gasteiger partial charge in [-0.2, -0.15) is 5.26 Å². The van der Waals surface area contributed by atoms with Gasteiger partial charge in [-0.1, -0.05) is 33.1 Å². The predicted molar refractivity (Wildman–Crippen MR) is 104 cm³/mol. The lowest BCUT2D eigenvalue weighted by Crippen LogP contribution is -2.17. The first-order valence-electron chi connectivity index (χ1n) is 9.88. The second kappa shape index (κ2) is 9.62. The molecule has 1 aromatic heterocycles. The number of carbonyl (C=O) groups excluding carboxylic acids is 1. The zero-order valence-corrected chi connectivity index (χ0v) is 16.7. The SMILES string of the molecule is Cc1cc(/C=C(\C#N)C(=O)OCC2CCCCC2)c(C)n1CCC(C)C. The summed E-state index contributed by atoms with van der Waals surface area (Å²) in [6.07, 6.45) is 8.73. The van der Waals surface area contributed by atoms with Crippen molar-refractivity contribution in [3.05, 3.63) is 28.6 Å². The molecule has 4 heteroatoms. The molecule has 0 aromatic carbocycles. The Labute approximate surface area is 157 Å². The van der Waals surface area contributed by atoms with Crippen LogP contribution in [0.5, 0.6) is 0 Å². The first kappa shape index (κ1) is 20.3. The van der Waals surface area contributed by atoms with Crippen LogP contribution in [-0.4, -0.2) is 17.1 Å². The smallest absolute Gasteiger partial charge is 0.348 e. The first-order valence-corrected chi connectivity index (χ1v) is 9.88. The number of carbonyl (C=O) groups is 1. The number of aryl methyl sites for hydroxylation is 1. The van der Waals surface area contributed by atoms with Crippen molar-refractivity contribution in [2.24, 2.45) is 11.8 Å². The summed E-state index contributed by atoms with van der Waals surface area (Å²) in [5.41, 5.74) is 3.26. The monoisotopic (exact) mass is 356 g/mol. The summed E-state index contributed by atoms with van der Waals surface area (Å²) in [7, 11) is 0. The molecule has 0 unspecified atom stereocenters. The number of nitrogens with zero attached hydrogens (tertiary/aromatic N) is 2. The van der Waals surface area contributed by atoms with Crippen LogP contribution in [0.25, 0.3) is 6.08 Å². The van der Waals surface area contributed by atoms with E-state index in [9.17, 15) is 10.1 Å². The standard InChI is InChI=1S/C22H32N2O2/c1-16(2)10-11-24-17(3)12-20(18(24)4)13-21(14-23)22(25)26-15-19-8-6-5-7-9-19/h12-13,16,19H,5-11,15H2,1-4H3/b21-13+. The number of hydrogen-bond acceptors (Lipinski definition) is 3. The molecule has 142 valence electrons. The van der Waals surface area contributed by atoms with E-state index in [0.717, 1.165) is 42.8 Å². The van der Waals surface area contributed by atoms with Gasteiger partial charge in [-0.05, 0) is 62.7 Å². The van der Waals surface area contributed by atoms with Crippen molar-refractivity contribution in [2.45, 2.75) is 72.8 Å². The van der Waals surface area contributed by atoms with Crippen LogP contribution < -0.4 is 0 Å². The fraction of sp³-hybridized carbons (Fsp3) is 0.636. The Balaban J connectivity index is 2.06. The van der Waals surface area contributed by atoms with Crippen molar-refractivity contribution in [1.82, 2.24) is 4.57 Å². The van der Waals surface area contributed by atoms with Gasteiger partial charge >= 0.3 is 5.97 Å². The van der Waals surface area contributed by atoms with E-state index in [1.165, 1.54) is 19.3 Å². The number of ether oxygens (including phenoxy) is 1. The van der Waals surface area contributed by atoms with Crippen LogP contribution in [0.4, 0.5) is 0 Å². The number of aromatic nitrogens is 1. The Morgan fingerprint density at radius 3 is 2.65 bits per heavy atom. The van der Waals surface area contributed by atoms with E-state index < -0.39 is 5.97 Å². The molecule has 4 nitrogen and oxygen atoms in total. The van der Waals surface area contributed by atoms with Crippen molar-refractivity contribution in [2.75, 3.05) is 6.61 Å². The van der Waals surface area contributed by atoms with Crippen LogP contribution in [0.3, 0.4) is 0 Å².